The van der Waals surface area contributed by atoms with Gasteiger partial charge in [0.25, 0.3) is 0 Å². The predicted molar refractivity (Wildman–Crippen MR) is 96.7 cm³/mol. The monoisotopic (exact) mass is 360 g/mol. The van der Waals surface area contributed by atoms with Crippen LogP contribution in [0, 0.1) is 6.92 Å². The summed E-state index contributed by atoms with van der Waals surface area (Å²) in [5.74, 6) is -0.445. The second kappa shape index (κ2) is 6.34. The molecule has 0 heterocycles. The van der Waals surface area contributed by atoms with E-state index in [1.54, 1.807) is 6.92 Å². The number of benzene rings is 3. The Kier molecular flexibility index (Phi) is 4.39. The Morgan fingerprint density at radius 1 is 1.08 bits per heavy atom. The molecule has 0 amide bonds. The van der Waals surface area contributed by atoms with Crippen LogP contribution in [0.25, 0.3) is 10.8 Å². The molecule has 3 aromatic carbocycles. The zero-order valence-electron chi connectivity index (χ0n) is 12.8. The molecule has 3 aromatic rings. The molecule has 2 N–H and O–H groups in total. The molecule has 3 nitrogen and oxygen atoms in total. The van der Waals surface area contributed by atoms with Gasteiger partial charge in [-0.3, -0.25) is 4.79 Å². The molecule has 0 aromatic heterocycles. The lowest BCUT2D eigenvalue weighted by Crippen LogP contribution is -1.98. The van der Waals surface area contributed by atoms with E-state index in [1.807, 2.05) is 36.4 Å². The highest BCUT2D eigenvalue weighted by molar-refractivity contribution is 6.35. The molecule has 24 heavy (non-hydrogen) atoms. The summed E-state index contributed by atoms with van der Waals surface area (Å²) in [6, 6.07) is 11.3. The minimum atomic E-state index is -0.240. The fourth-order valence-corrected chi connectivity index (χ4v) is 3.26. The smallest absolute Gasteiger partial charge is 0.154 e. The maximum absolute atomic E-state index is 11.2. The van der Waals surface area contributed by atoms with Crippen molar-refractivity contribution in [3.8, 4) is 11.5 Å². The number of carbonyl (C=O) groups excluding carboxylic acids is 1. The minimum absolute atomic E-state index is 0.0775. The average molecular weight is 361 g/mol. The van der Waals surface area contributed by atoms with Crippen LogP contribution in [-0.2, 0) is 6.42 Å². The number of hydrogen-bond donors (Lipinski definition) is 2. The van der Waals surface area contributed by atoms with Crippen molar-refractivity contribution >= 4 is 40.3 Å². The van der Waals surface area contributed by atoms with E-state index in [1.165, 1.54) is 0 Å². The summed E-state index contributed by atoms with van der Waals surface area (Å²) in [4.78, 5) is 11.2. The van der Waals surface area contributed by atoms with Crippen LogP contribution in [0.3, 0.4) is 0 Å². The van der Waals surface area contributed by atoms with E-state index in [0.717, 1.165) is 16.3 Å². The topological polar surface area (TPSA) is 57.5 Å². The van der Waals surface area contributed by atoms with E-state index in [-0.39, 0.29) is 34.1 Å². The number of carbonyl (C=O) groups is 1. The van der Waals surface area contributed by atoms with Crippen LogP contribution < -0.4 is 0 Å². The molecule has 0 atom stereocenters. The molecule has 3 rings (SSSR count). The molecule has 0 radical (unpaired) electrons. The van der Waals surface area contributed by atoms with Gasteiger partial charge in [-0.25, -0.2) is 0 Å². The number of aldehydes is 1. The number of rotatable bonds is 3. The van der Waals surface area contributed by atoms with E-state index < -0.39 is 0 Å². The molecule has 0 aliphatic heterocycles. The number of phenols is 2. The van der Waals surface area contributed by atoms with Crippen LogP contribution in [0.1, 0.15) is 27.0 Å². The first-order valence-corrected chi connectivity index (χ1v) is 8.04. The van der Waals surface area contributed by atoms with Gasteiger partial charge in [-0.15, -0.1) is 0 Å². The number of aromatic hydroxyl groups is 2. The number of fused-ring (bicyclic) bond motifs is 1. The summed E-state index contributed by atoms with van der Waals surface area (Å²) in [6.45, 7) is 1.58. The van der Waals surface area contributed by atoms with Gasteiger partial charge in [0, 0.05) is 22.4 Å². The average Bonchev–Trinajstić information content (AvgIpc) is 2.57. The van der Waals surface area contributed by atoms with E-state index in [2.05, 4.69) is 0 Å². The molecule has 0 aliphatic rings. The van der Waals surface area contributed by atoms with Crippen LogP contribution in [0.5, 0.6) is 11.5 Å². The maximum Gasteiger partial charge on any atom is 0.154 e. The standard InChI is InChI=1S/C19H14Cl2O3/c1-10-15(9-22)18(23)14(19(24)17(10)21)8-11-5-6-13-12(7-11)3-2-4-16(13)20/h2-7,9,23-24H,8H2,1H3. The van der Waals surface area contributed by atoms with Gasteiger partial charge < -0.3 is 10.2 Å². The lowest BCUT2D eigenvalue weighted by molar-refractivity contribution is 0.112. The Hall–Kier alpha value is -2.23. The van der Waals surface area contributed by atoms with E-state index in [9.17, 15) is 15.0 Å². The highest BCUT2D eigenvalue weighted by atomic mass is 35.5. The Balaban J connectivity index is 2.12. The van der Waals surface area contributed by atoms with Gasteiger partial charge in [0.1, 0.15) is 11.5 Å². The minimum Gasteiger partial charge on any atom is -0.507 e. The van der Waals surface area contributed by atoms with Crippen LogP contribution in [0.4, 0.5) is 0 Å². The fourth-order valence-electron chi connectivity index (χ4n) is 2.80. The van der Waals surface area contributed by atoms with Crippen LogP contribution in [-0.4, -0.2) is 16.5 Å². The molecule has 5 heteroatoms. The lowest BCUT2D eigenvalue weighted by atomic mass is 9.96. The second-order valence-corrected chi connectivity index (χ2v) is 6.40. The molecule has 0 bridgehead atoms. The zero-order chi connectivity index (χ0) is 17.4. The molecule has 0 unspecified atom stereocenters. The van der Waals surface area contributed by atoms with Crippen LogP contribution in [0.15, 0.2) is 36.4 Å². The first-order valence-electron chi connectivity index (χ1n) is 7.29. The summed E-state index contributed by atoms with van der Waals surface area (Å²) in [7, 11) is 0. The van der Waals surface area contributed by atoms with Gasteiger partial charge in [0.15, 0.2) is 6.29 Å². The van der Waals surface area contributed by atoms with Gasteiger partial charge in [-0.05, 0) is 29.5 Å². The van der Waals surface area contributed by atoms with Crippen LogP contribution >= 0.6 is 23.2 Å². The third kappa shape index (κ3) is 2.70. The molecule has 0 fully saturated rings. The highest BCUT2D eigenvalue weighted by Crippen LogP contribution is 2.41. The van der Waals surface area contributed by atoms with E-state index in [0.29, 0.717) is 16.9 Å². The summed E-state index contributed by atoms with van der Waals surface area (Å²) < 4.78 is 0. The maximum atomic E-state index is 11.2. The number of phenolic OH excluding ortho intramolecular Hbond substituents is 2. The summed E-state index contributed by atoms with van der Waals surface area (Å²) in [6.07, 6.45) is 0.778. The van der Waals surface area contributed by atoms with Gasteiger partial charge >= 0.3 is 0 Å². The quantitative estimate of drug-likeness (QED) is 0.625. The van der Waals surface area contributed by atoms with Crippen molar-refractivity contribution < 1.29 is 15.0 Å². The molecule has 0 saturated carbocycles. The van der Waals surface area contributed by atoms with E-state index >= 15 is 0 Å². The zero-order valence-corrected chi connectivity index (χ0v) is 14.3. The molecule has 122 valence electrons. The Labute approximate surface area is 149 Å². The number of halogens is 2. The summed E-state index contributed by atoms with van der Waals surface area (Å²) in [5, 5.41) is 23.2. The third-order valence-electron chi connectivity index (χ3n) is 4.16. The normalized spacial score (nSPS) is 11.0. The first-order chi connectivity index (χ1) is 11.4. The van der Waals surface area contributed by atoms with Crippen molar-refractivity contribution in [2.24, 2.45) is 0 Å². The highest BCUT2D eigenvalue weighted by Gasteiger charge is 2.20. The Morgan fingerprint density at radius 2 is 1.83 bits per heavy atom. The van der Waals surface area contributed by atoms with Crippen molar-refractivity contribution in [1.82, 2.24) is 0 Å². The Morgan fingerprint density at radius 3 is 2.54 bits per heavy atom. The molecular weight excluding hydrogens is 347 g/mol. The van der Waals surface area contributed by atoms with Crippen LogP contribution in [0.2, 0.25) is 10.0 Å². The summed E-state index contributed by atoms with van der Waals surface area (Å²) in [5.41, 5.74) is 1.54. The van der Waals surface area contributed by atoms with Crippen molar-refractivity contribution in [3.63, 3.8) is 0 Å². The van der Waals surface area contributed by atoms with Crippen molar-refractivity contribution in [2.45, 2.75) is 13.3 Å². The second-order valence-electron chi connectivity index (χ2n) is 5.62. The lowest BCUT2D eigenvalue weighted by Gasteiger charge is -2.14. The largest absolute Gasteiger partial charge is 0.507 e. The SMILES string of the molecule is Cc1c(Cl)c(O)c(Cc2ccc3c(Cl)cccc3c2)c(O)c1C=O. The van der Waals surface area contributed by atoms with Gasteiger partial charge in [-0.2, -0.15) is 0 Å². The number of hydrogen-bond acceptors (Lipinski definition) is 3. The molecule has 0 spiro atoms. The van der Waals surface area contributed by atoms with Gasteiger partial charge in [0.05, 0.1) is 10.6 Å². The third-order valence-corrected chi connectivity index (χ3v) is 4.95. The molecule has 0 aliphatic carbocycles. The van der Waals surface area contributed by atoms with Gasteiger partial charge in [0.2, 0.25) is 0 Å². The summed E-state index contributed by atoms with van der Waals surface area (Å²) >= 11 is 12.2. The molecular formula is C19H14Cl2O3. The molecule has 0 saturated heterocycles. The first kappa shape index (κ1) is 16.6. The van der Waals surface area contributed by atoms with Gasteiger partial charge in [-0.1, -0.05) is 53.5 Å². The predicted octanol–water partition coefficient (Wildman–Crippen LogP) is 5.27. The van der Waals surface area contributed by atoms with Crippen molar-refractivity contribution in [1.29, 1.82) is 0 Å². The fraction of sp³-hybridized carbons (Fsp3) is 0.105. The Bertz CT molecular complexity index is 965. The van der Waals surface area contributed by atoms with E-state index in [4.69, 9.17) is 23.2 Å². The van der Waals surface area contributed by atoms with Crippen molar-refractivity contribution in [3.05, 3.63) is 68.7 Å². The van der Waals surface area contributed by atoms with Crippen molar-refractivity contribution in [2.75, 3.05) is 0 Å².